The van der Waals surface area contributed by atoms with Gasteiger partial charge in [-0.15, -0.1) is 0 Å². The Balaban J connectivity index is 2.51. The van der Waals surface area contributed by atoms with Gasteiger partial charge in [0.2, 0.25) is 5.41 Å². The van der Waals surface area contributed by atoms with E-state index in [0.717, 1.165) is 0 Å². The lowest BCUT2D eigenvalue weighted by atomic mass is 9.83. The van der Waals surface area contributed by atoms with Crippen LogP contribution in [-0.2, 0) is 31.0 Å². The van der Waals surface area contributed by atoms with E-state index in [1.807, 2.05) is 0 Å². The summed E-state index contributed by atoms with van der Waals surface area (Å²) in [4.78, 5) is 35.6. The van der Waals surface area contributed by atoms with Gasteiger partial charge in [-0.1, -0.05) is 0 Å². The normalized spacial score (nSPS) is 15.5. The molecule has 0 atom stereocenters. The summed E-state index contributed by atoms with van der Waals surface area (Å²) in [5, 5.41) is 0. The highest BCUT2D eigenvalue weighted by Crippen LogP contribution is 2.39. The van der Waals surface area contributed by atoms with Crippen LogP contribution in [0.4, 0.5) is 0 Å². The topological polar surface area (TPSA) is 74.6 Å². The summed E-state index contributed by atoms with van der Waals surface area (Å²) in [6.45, 7) is 4.14. The van der Waals surface area contributed by atoms with E-state index >= 15 is 0 Å². The molecule has 0 saturated carbocycles. The van der Waals surface area contributed by atoms with Gasteiger partial charge >= 0.3 is 11.9 Å². The average molecular weight is 279 g/mol. The van der Waals surface area contributed by atoms with Gasteiger partial charge in [0.1, 0.15) is 0 Å². The molecule has 0 radical (unpaired) electrons. The number of hydrogen-bond donors (Lipinski definition) is 0. The van der Waals surface area contributed by atoms with Crippen LogP contribution in [0.5, 0.6) is 0 Å². The molecule has 0 spiro atoms. The van der Waals surface area contributed by atoms with Crippen molar-refractivity contribution in [3.63, 3.8) is 0 Å². The van der Waals surface area contributed by atoms with Gasteiger partial charge in [0, 0.05) is 12.2 Å². The Labute approximate surface area is 116 Å². The van der Waals surface area contributed by atoms with Crippen molar-refractivity contribution in [1.29, 1.82) is 0 Å². The zero-order valence-corrected chi connectivity index (χ0v) is 11.5. The molecule has 1 aromatic rings. The highest BCUT2D eigenvalue weighted by atomic mass is 16.6. The van der Waals surface area contributed by atoms with Crippen molar-refractivity contribution in [2.75, 3.05) is 13.2 Å². The molecule has 0 bridgehead atoms. The summed E-state index contributed by atoms with van der Waals surface area (Å²) in [5.74, 6) is -1.24. The monoisotopic (exact) mass is 279 g/mol. The van der Waals surface area contributed by atoms with Crippen molar-refractivity contribution in [3.8, 4) is 0 Å². The zero-order valence-electron chi connectivity index (χ0n) is 11.5. The smallest absolute Gasteiger partial charge is 0.329 e. The quantitative estimate of drug-likeness (QED) is 0.458. The summed E-state index contributed by atoms with van der Waals surface area (Å²) in [6, 6.07) is 3.21. The molecule has 2 rings (SSSR count). The van der Waals surface area contributed by atoms with Crippen LogP contribution in [-0.4, -0.2) is 36.0 Å². The number of rotatable bonds is 5. The molecular formula is C14H17NO5. The van der Waals surface area contributed by atoms with Crippen LogP contribution in [0, 0.1) is 0 Å². The van der Waals surface area contributed by atoms with Gasteiger partial charge in [0.15, 0.2) is 6.29 Å². The van der Waals surface area contributed by atoms with Crippen LogP contribution in [0.15, 0.2) is 12.1 Å². The third kappa shape index (κ3) is 1.92. The van der Waals surface area contributed by atoms with E-state index in [1.165, 1.54) is 0 Å². The maximum Gasteiger partial charge on any atom is 0.329 e. The third-order valence-electron chi connectivity index (χ3n) is 3.53. The number of esters is 2. The van der Waals surface area contributed by atoms with E-state index < -0.39 is 17.4 Å². The van der Waals surface area contributed by atoms with E-state index in [0.29, 0.717) is 24.2 Å². The van der Waals surface area contributed by atoms with Crippen LogP contribution in [0.3, 0.4) is 0 Å². The highest BCUT2D eigenvalue weighted by molar-refractivity contribution is 6.06. The van der Waals surface area contributed by atoms with Gasteiger partial charge < -0.3 is 14.0 Å². The van der Waals surface area contributed by atoms with Crippen LogP contribution in [0.1, 0.15) is 36.5 Å². The first-order valence-electron chi connectivity index (χ1n) is 6.61. The second-order valence-electron chi connectivity index (χ2n) is 4.51. The van der Waals surface area contributed by atoms with Gasteiger partial charge in [-0.2, -0.15) is 0 Å². The fourth-order valence-electron chi connectivity index (χ4n) is 2.62. The Morgan fingerprint density at radius 3 is 2.35 bits per heavy atom. The standard InChI is InChI=1S/C14H17NO5/c1-3-19-12(17)14(13(18)20-4-2)7-8-15-10(9-16)5-6-11(14)15/h5-6,9H,3-4,7-8H2,1-2H3. The average Bonchev–Trinajstić information content (AvgIpc) is 2.98. The van der Waals surface area contributed by atoms with Gasteiger partial charge in [-0.05, 0) is 32.4 Å². The number of hydrogen-bond acceptors (Lipinski definition) is 5. The predicted octanol–water partition coefficient (Wildman–Crippen LogP) is 1.07. The maximum atomic E-state index is 12.3. The molecule has 0 amide bonds. The molecule has 1 aliphatic heterocycles. The lowest BCUT2D eigenvalue weighted by Gasteiger charge is -2.23. The van der Waals surface area contributed by atoms with E-state index in [1.54, 1.807) is 30.5 Å². The van der Waals surface area contributed by atoms with Crippen LogP contribution >= 0.6 is 0 Å². The first-order valence-corrected chi connectivity index (χ1v) is 6.61. The fraction of sp³-hybridized carbons (Fsp3) is 0.500. The van der Waals surface area contributed by atoms with Crippen LogP contribution in [0.25, 0.3) is 0 Å². The molecule has 1 aliphatic rings. The van der Waals surface area contributed by atoms with Crippen LogP contribution in [0.2, 0.25) is 0 Å². The molecule has 2 heterocycles. The lowest BCUT2D eigenvalue weighted by Crippen LogP contribution is -2.44. The molecule has 0 aromatic carbocycles. The highest BCUT2D eigenvalue weighted by Gasteiger charge is 2.55. The van der Waals surface area contributed by atoms with Crippen molar-refractivity contribution in [2.45, 2.75) is 32.2 Å². The van der Waals surface area contributed by atoms with Gasteiger partial charge in [-0.25, -0.2) is 0 Å². The predicted molar refractivity (Wildman–Crippen MR) is 69.4 cm³/mol. The molecule has 6 nitrogen and oxygen atoms in total. The van der Waals surface area contributed by atoms with Gasteiger partial charge in [0.05, 0.1) is 18.9 Å². The minimum absolute atomic E-state index is 0.182. The molecular weight excluding hydrogens is 262 g/mol. The number of fused-ring (bicyclic) bond motifs is 1. The molecule has 0 N–H and O–H groups in total. The summed E-state index contributed by atoms with van der Waals surface area (Å²) in [7, 11) is 0. The van der Waals surface area contributed by atoms with Crippen molar-refractivity contribution >= 4 is 18.2 Å². The number of nitrogens with zero attached hydrogens (tertiary/aromatic N) is 1. The lowest BCUT2D eigenvalue weighted by molar-refractivity contribution is -0.164. The van der Waals surface area contributed by atoms with Gasteiger partial charge in [-0.3, -0.25) is 14.4 Å². The fourth-order valence-corrected chi connectivity index (χ4v) is 2.62. The molecule has 0 fully saturated rings. The van der Waals surface area contributed by atoms with E-state index in [2.05, 4.69) is 0 Å². The second kappa shape index (κ2) is 5.48. The SMILES string of the molecule is CCOC(=O)C1(C(=O)OCC)CCn2c(C=O)ccc21. The molecule has 20 heavy (non-hydrogen) atoms. The van der Waals surface area contributed by atoms with E-state index in [9.17, 15) is 14.4 Å². The number of aldehydes is 1. The molecule has 108 valence electrons. The molecule has 0 aliphatic carbocycles. The number of ether oxygens (including phenoxy) is 2. The summed E-state index contributed by atoms with van der Waals surface area (Å²) < 4.78 is 11.8. The Bertz CT molecular complexity index is 528. The zero-order chi connectivity index (χ0) is 14.8. The first-order chi connectivity index (χ1) is 9.61. The van der Waals surface area contributed by atoms with Crippen molar-refractivity contribution in [3.05, 3.63) is 23.5 Å². The minimum Gasteiger partial charge on any atom is -0.465 e. The Morgan fingerprint density at radius 1 is 1.25 bits per heavy atom. The van der Waals surface area contributed by atoms with Crippen molar-refractivity contribution < 1.29 is 23.9 Å². The molecule has 1 aromatic heterocycles. The largest absolute Gasteiger partial charge is 0.465 e. The number of carbonyl (C=O) groups excluding carboxylic acids is 3. The Morgan fingerprint density at radius 2 is 1.85 bits per heavy atom. The Kier molecular flexibility index (Phi) is 3.92. The van der Waals surface area contributed by atoms with E-state index in [-0.39, 0.29) is 19.6 Å². The van der Waals surface area contributed by atoms with Crippen LogP contribution < -0.4 is 0 Å². The first kappa shape index (κ1) is 14.3. The summed E-state index contributed by atoms with van der Waals surface area (Å²) in [6.07, 6.45) is 0.956. The maximum absolute atomic E-state index is 12.3. The molecule has 0 unspecified atom stereocenters. The minimum atomic E-state index is -1.45. The van der Waals surface area contributed by atoms with E-state index in [4.69, 9.17) is 9.47 Å². The molecule has 6 heteroatoms. The van der Waals surface area contributed by atoms with Crippen molar-refractivity contribution in [2.24, 2.45) is 0 Å². The van der Waals surface area contributed by atoms with Gasteiger partial charge in [0.25, 0.3) is 0 Å². The van der Waals surface area contributed by atoms with Crippen molar-refractivity contribution in [1.82, 2.24) is 4.57 Å². The number of aromatic nitrogens is 1. The Hall–Kier alpha value is -2.11. The summed E-state index contributed by atoms with van der Waals surface area (Å²) >= 11 is 0. The molecule has 0 saturated heterocycles. The third-order valence-corrected chi connectivity index (χ3v) is 3.53. The summed E-state index contributed by atoms with van der Waals surface area (Å²) in [5.41, 5.74) is -0.542. The number of carbonyl (C=O) groups is 3. The second-order valence-corrected chi connectivity index (χ2v) is 4.51.